The predicted octanol–water partition coefficient (Wildman–Crippen LogP) is 6.41. The highest BCUT2D eigenvalue weighted by Gasteiger charge is 2.15. The number of benzene rings is 4. The van der Waals surface area contributed by atoms with Gasteiger partial charge in [-0.3, -0.25) is 0 Å². The normalized spacial score (nSPS) is 11.5. The van der Waals surface area contributed by atoms with Crippen LogP contribution in [0.5, 0.6) is 0 Å². The molecule has 23 heavy (non-hydrogen) atoms. The van der Waals surface area contributed by atoms with Crippen LogP contribution in [-0.2, 0) is 0 Å². The van der Waals surface area contributed by atoms with Crippen LogP contribution in [0.25, 0.3) is 43.8 Å². The second kappa shape index (κ2) is 4.72. The molecule has 0 aliphatic heterocycles. The maximum atomic E-state index is 6.12. The number of rotatable bonds is 1. The van der Waals surface area contributed by atoms with E-state index in [2.05, 4.69) is 72.8 Å². The molecule has 0 radical (unpaired) electrons. The molecule has 0 atom stereocenters. The van der Waals surface area contributed by atoms with Crippen molar-refractivity contribution in [2.75, 3.05) is 0 Å². The van der Waals surface area contributed by atoms with Crippen molar-refractivity contribution in [3.63, 3.8) is 0 Å². The van der Waals surface area contributed by atoms with Crippen LogP contribution in [0.3, 0.4) is 0 Å². The Morgan fingerprint density at radius 1 is 0.565 bits per heavy atom. The lowest BCUT2D eigenvalue weighted by Crippen LogP contribution is -1.83. The van der Waals surface area contributed by atoms with E-state index in [9.17, 15) is 0 Å². The topological polar surface area (TPSA) is 13.1 Å². The molecule has 0 amide bonds. The van der Waals surface area contributed by atoms with Gasteiger partial charge in [0.2, 0.25) is 0 Å². The van der Waals surface area contributed by atoms with E-state index in [1.54, 1.807) is 0 Å². The Morgan fingerprint density at radius 2 is 1.26 bits per heavy atom. The Kier molecular flexibility index (Phi) is 2.56. The summed E-state index contributed by atoms with van der Waals surface area (Å²) in [6.45, 7) is 0. The molecule has 5 aromatic rings. The van der Waals surface area contributed by atoms with E-state index in [0.717, 1.165) is 11.2 Å². The molecular formula is C22H14O. The zero-order valence-corrected chi connectivity index (χ0v) is 12.5. The van der Waals surface area contributed by atoms with Crippen molar-refractivity contribution in [3.8, 4) is 11.1 Å². The minimum absolute atomic E-state index is 0.940. The zero-order valence-electron chi connectivity index (χ0n) is 12.5. The maximum Gasteiger partial charge on any atom is 0.136 e. The van der Waals surface area contributed by atoms with Crippen molar-refractivity contribution in [2.24, 2.45) is 0 Å². The van der Waals surface area contributed by atoms with E-state index in [4.69, 9.17) is 4.42 Å². The number of para-hydroxylation sites is 1. The minimum atomic E-state index is 0.940. The number of hydrogen-bond donors (Lipinski definition) is 0. The largest absolute Gasteiger partial charge is 0.456 e. The summed E-state index contributed by atoms with van der Waals surface area (Å²) in [7, 11) is 0. The van der Waals surface area contributed by atoms with Gasteiger partial charge in [-0.15, -0.1) is 0 Å². The highest BCUT2D eigenvalue weighted by Crippen LogP contribution is 2.41. The molecule has 108 valence electrons. The van der Waals surface area contributed by atoms with E-state index in [1.807, 2.05) is 12.1 Å². The van der Waals surface area contributed by atoms with Crippen LogP contribution in [0.2, 0.25) is 0 Å². The van der Waals surface area contributed by atoms with Gasteiger partial charge in [-0.05, 0) is 28.5 Å². The Labute approximate surface area is 133 Å². The standard InChI is InChI=1S/C22H14O/c1-2-8-15(9-3-1)21-17-11-5-4-10-16(17)14-20-22(21)18-12-6-7-13-19(18)23-20/h1-14H. The Bertz CT molecular complexity index is 1150. The van der Waals surface area contributed by atoms with Crippen LogP contribution in [0, 0.1) is 0 Å². The third-order valence-electron chi connectivity index (χ3n) is 4.45. The molecule has 5 rings (SSSR count). The Balaban J connectivity index is 2.08. The molecule has 1 heterocycles. The second-order valence-electron chi connectivity index (χ2n) is 5.81. The summed E-state index contributed by atoms with van der Waals surface area (Å²) in [5, 5.41) is 4.84. The molecule has 0 fully saturated rings. The van der Waals surface area contributed by atoms with Gasteiger partial charge < -0.3 is 4.42 Å². The average Bonchev–Trinajstić information content (AvgIpc) is 2.98. The summed E-state index contributed by atoms with van der Waals surface area (Å²) >= 11 is 0. The summed E-state index contributed by atoms with van der Waals surface area (Å²) in [5.74, 6) is 0. The van der Waals surface area contributed by atoms with Crippen molar-refractivity contribution in [1.82, 2.24) is 0 Å². The molecule has 1 heteroatoms. The molecule has 0 saturated heterocycles. The van der Waals surface area contributed by atoms with Crippen LogP contribution in [0.15, 0.2) is 89.3 Å². The predicted molar refractivity (Wildman–Crippen MR) is 96.7 cm³/mol. The first kappa shape index (κ1) is 12.5. The summed E-state index contributed by atoms with van der Waals surface area (Å²) < 4.78 is 6.12. The average molecular weight is 294 g/mol. The van der Waals surface area contributed by atoms with Crippen molar-refractivity contribution >= 4 is 32.7 Å². The molecule has 0 spiro atoms. The molecule has 4 aromatic carbocycles. The van der Waals surface area contributed by atoms with Gasteiger partial charge in [0, 0.05) is 16.3 Å². The zero-order chi connectivity index (χ0) is 15.2. The molecule has 0 aliphatic rings. The van der Waals surface area contributed by atoms with Crippen molar-refractivity contribution in [3.05, 3.63) is 84.9 Å². The first-order chi connectivity index (χ1) is 11.4. The van der Waals surface area contributed by atoms with Crippen molar-refractivity contribution < 1.29 is 4.42 Å². The smallest absolute Gasteiger partial charge is 0.136 e. The van der Waals surface area contributed by atoms with E-state index >= 15 is 0 Å². The molecule has 0 bridgehead atoms. The Morgan fingerprint density at radius 3 is 2.13 bits per heavy atom. The van der Waals surface area contributed by atoms with Crippen molar-refractivity contribution in [2.45, 2.75) is 0 Å². The van der Waals surface area contributed by atoms with E-state index in [1.165, 1.54) is 32.7 Å². The number of hydrogen-bond acceptors (Lipinski definition) is 1. The van der Waals surface area contributed by atoms with E-state index in [-0.39, 0.29) is 0 Å². The maximum absolute atomic E-state index is 6.12. The Hall–Kier alpha value is -3.06. The van der Waals surface area contributed by atoms with Crippen LogP contribution in [0.4, 0.5) is 0 Å². The fourth-order valence-electron chi connectivity index (χ4n) is 3.46. The summed E-state index contributed by atoms with van der Waals surface area (Å²) in [4.78, 5) is 0. The minimum Gasteiger partial charge on any atom is -0.456 e. The molecule has 0 N–H and O–H groups in total. The number of fused-ring (bicyclic) bond motifs is 4. The lowest BCUT2D eigenvalue weighted by Gasteiger charge is -2.09. The monoisotopic (exact) mass is 294 g/mol. The van der Waals surface area contributed by atoms with Gasteiger partial charge in [-0.1, -0.05) is 72.8 Å². The lowest BCUT2D eigenvalue weighted by atomic mass is 9.93. The first-order valence-electron chi connectivity index (χ1n) is 7.80. The molecule has 0 aliphatic carbocycles. The molecule has 1 nitrogen and oxygen atoms in total. The van der Waals surface area contributed by atoms with Gasteiger partial charge in [0.1, 0.15) is 11.2 Å². The van der Waals surface area contributed by atoms with Crippen LogP contribution in [0.1, 0.15) is 0 Å². The van der Waals surface area contributed by atoms with Crippen molar-refractivity contribution in [1.29, 1.82) is 0 Å². The van der Waals surface area contributed by atoms with Gasteiger partial charge >= 0.3 is 0 Å². The van der Waals surface area contributed by atoms with Crippen LogP contribution < -0.4 is 0 Å². The number of furan rings is 1. The summed E-state index contributed by atoms with van der Waals surface area (Å²) in [5.41, 5.74) is 4.36. The third kappa shape index (κ3) is 1.80. The van der Waals surface area contributed by atoms with Gasteiger partial charge in [0.25, 0.3) is 0 Å². The summed E-state index contributed by atoms with van der Waals surface area (Å²) in [6.07, 6.45) is 0. The van der Waals surface area contributed by atoms with Crippen LogP contribution >= 0.6 is 0 Å². The first-order valence-corrected chi connectivity index (χ1v) is 7.80. The molecule has 0 unspecified atom stereocenters. The fraction of sp³-hybridized carbons (Fsp3) is 0. The lowest BCUT2D eigenvalue weighted by molar-refractivity contribution is 0.669. The third-order valence-corrected chi connectivity index (χ3v) is 4.45. The SMILES string of the molecule is c1ccc(-c2c3ccccc3cc3oc4ccccc4c23)cc1. The highest BCUT2D eigenvalue weighted by molar-refractivity contribution is 6.20. The second-order valence-corrected chi connectivity index (χ2v) is 5.81. The molecule has 0 saturated carbocycles. The van der Waals surface area contributed by atoms with Gasteiger partial charge in [-0.25, -0.2) is 0 Å². The van der Waals surface area contributed by atoms with E-state index < -0.39 is 0 Å². The molecular weight excluding hydrogens is 280 g/mol. The van der Waals surface area contributed by atoms with Gasteiger partial charge in [-0.2, -0.15) is 0 Å². The van der Waals surface area contributed by atoms with Crippen LogP contribution in [-0.4, -0.2) is 0 Å². The highest BCUT2D eigenvalue weighted by atomic mass is 16.3. The van der Waals surface area contributed by atoms with Gasteiger partial charge in [0.05, 0.1) is 0 Å². The van der Waals surface area contributed by atoms with E-state index in [0.29, 0.717) is 0 Å². The van der Waals surface area contributed by atoms with Gasteiger partial charge in [0.15, 0.2) is 0 Å². The summed E-state index contributed by atoms with van der Waals surface area (Å²) in [6, 6.07) is 29.5. The molecule has 1 aromatic heterocycles. The fourth-order valence-corrected chi connectivity index (χ4v) is 3.46. The quantitative estimate of drug-likeness (QED) is 0.348.